The zero-order valence-corrected chi connectivity index (χ0v) is 16.9. The van der Waals surface area contributed by atoms with Gasteiger partial charge in [0.2, 0.25) is 0 Å². The van der Waals surface area contributed by atoms with Gasteiger partial charge >= 0.3 is 0 Å². The van der Waals surface area contributed by atoms with Crippen LogP contribution in [0.3, 0.4) is 0 Å². The Bertz CT molecular complexity index is 929. The second-order valence-electron chi connectivity index (χ2n) is 8.09. The zero-order valence-electron chi connectivity index (χ0n) is 15.3. The van der Waals surface area contributed by atoms with Crippen LogP contribution in [0, 0.1) is 12.3 Å². The number of hydrogen-bond acceptors (Lipinski definition) is 3. The summed E-state index contributed by atoms with van der Waals surface area (Å²) in [5.74, 6) is 0.228. The van der Waals surface area contributed by atoms with Crippen LogP contribution in [-0.2, 0) is 4.79 Å². The van der Waals surface area contributed by atoms with Crippen molar-refractivity contribution < 1.29 is 4.79 Å². The van der Waals surface area contributed by atoms with Crippen molar-refractivity contribution in [2.45, 2.75) is 39.7 Å². The van der Waals surface area contributed by atoms with E-state index in [0.29, 0.717) is 6.42 Å². The number of Topliss-reactive ketones (excluding diaryl/α,β-unsaturated/α-hetero) is 1. The van der Waals surface area contributed by atoms with Crippen molar-refractivity contribution in [3.05, 3.63) is 69.3 Å². The van der Waals surface area contributed by atoms with E-state index in [9.17, 15) is 4.79 Å². The van der Waals surface area contributed by atoms with Gasteiger partial charge in [0, 0.05) is 22.2 Å². The van der Waals surface area contributed by atoms with Crippen molar-refractivity contribution in [3.8, 4) is 0 Å². The summed E-state index contributed by atoms with van der Waals surface area (Å²) < 4.78 is 1.06. The molecule has 2 aromatic carbocycles. The Balaban J connectivity index is 1.89. The van der Waals surface area contributed by atoms with E-state index in [-0.39, 0.29) is 17.2 Å². The van der Waals surface area contributed by atoms with Gasteiger partial charge in [0.1, 0.15) is 0 Å². The summed E-state index contributed by atoms with van der Waals surface area (Å²) in [5, 5.41) is 7.18. The number of aryl methyl sites for hydroxylation is 1. The summed E-state index contributed by atoms with van der Waals surface area (Å²) in [7, 11) is 0. The Morgan fingerprint density at radius 1 is 1.08 bits per heavy atom. The number of hydrogen-bond donors (Lipinski definition) is 2. The summed E-state index contributed by atoms with van der Waals surface area (Å²) in [4.78, 5) is 13.1. The van der Waals surface area contributed by atoms with Gasteiger partial charge in [0.25, 0.3) is 0 Å². The van der Waals surface area contributed by atoms with Crippen LogP contribution in [-0.4, -0.2) is 5.78 Å². The predicted molar refractivity (Wildman–Crippen MR) is 110 cm³/mol. The summed E-state index contributed by atoms with van der Waals surface area (Å²) in [6.07, 6.45) is 1.45. The molecule has 26 heavy (non-hydrogen) atoms. The van der Waals surface area contributed by atoms with Crippen LogP contribution in [0.15, 0.2) is 58.2 Å². The normalized spacial score (nSPS) is 21.2. The fourth-order valence-electron chi connectivity index (χ4n) is 3.93. The molecule has 1 heterocycles. The Labute approximate surface area is 163 Å². The molecule has 1 aliphatic carbocycles. The lowest BCUT2D eigenvalue weighted by molar-refractivity contribution is -0.118. The van der Waals surface area contributed by atoms with Gasteiger partial charge < -0.3 is 10.6 Å². The number of benzene rings is 2. The van der Waals surface area contributed by atoms with Crippen LogP contribution in [0.1, 0.15) is 43.9 Å². The molecular formula is C22H23BrN2O. The topological polar surface area (TPSA) is 41.1 Å². The van der Waals surface area contributed by atoms with Crippen molar-refractivity contribution in [2.75, 3.05) is 10.6 Å². The molecular weight excluding hydrogens is 388 g/mol. The average Bonchev–Trinajstić information content (AvgIpc) is 2.72. The van der Waals surface area contributed by atoms with Gasteiger partial charge in [-0.15, -0.1) is 0 Å². The minimum Gasteiger partial charge on any atom is -0.372 e. The van der Waals surface area contributed by atoms with Gasteiger partial charge in [-0.3, -0.25) is 4.79 Å². The lowest BCUT2D eigenvalue weighted by Crippen LogP contribution is -2.31. The van der Waals surface area contributed by atoms with E-state index in [1.807, 2.05) is 12.1 Å². The van der Waals surface area contributed by atoms with Gasteiger partial charge in [0.05, 0.1) is 17.4 Å². The summed E-state index contributed by atoms with van der Waals surface area (Å²) in [6, 6.07) is 14.4. The number of anilines is 2. The molecule has 0 bridgehead atoms. The standard InChI is InChI=1S/C22H23BrN2O/c1-13-8-9-14(10-15(13)23)21-20-18(11-22(2,3)12-19(20)26)24-16-6-4-5-7-17(16)25-21/h4-10,21,24-25H,11-12H2,1-3H3/t21-/m1/s1. The van der Waals surface area contributed by atoms with E-state index < -0.39 is 0 Å². The molecule has 1 atom stereocenters. The van der Waals surface area contributed by atoms with E-state index in [2.05, 4.69) is 77.7 Å². The fraction of sp³-hybridized carbons (Fsp3) is 0.318. The van der Waals surface area contributed by atoms with Gasteiger partial charge in [-0.2, -0.15) is 0 Å². The Morgan fingerprint density at radius 2 is 1.81 bits per heavy atom. The molecule has 1 aliphatic heterocycles. The van der Waals surface area contributed by atoms with Gasteiger partial charge in [-0.25, -0.2) is 0 Å². The monoisotopic (exact) mass is 410 g/mol. The van der Waals surface area contributed by atoms with Crippen molar-refractivity contribution in [2.24, 2.45) is 5.41 Å². The van der Waals surface area contributed by atoms with Gasteiger partial charge in [-0.1, -0.05) is 54.0 Å². The Morgan fingerprint density at radius 3 is 2.54 bits per heavy atom. The summed E-state index contributed by atoms with van der Waals surface area (Å²) in [6.45, 7) is 6.40. The molecule has 0 radical (unpaired) electrons. The lowest BCUT2D eigenvalue weighted by Gasteiger charge is -2.34. The number of allylic oxidation sites excluding steroid dienone is 1. The summed E-state index contributed by atoms with van der Waals surface area (Å²) in [5.41, 5.74) is 6.23. The van der Waals surface area contributed by atoms with Crippen LogP contribution >= 0.6 is 15.9 Å². The molecule has 0 saturated carbocycles. The third-order valence-electron chi connectivity index (χ3n) is 5.25. The highest BCUT2D eigenvalue weighted by molar-refractivity contribution is 9.10. The van der Waals surface area contributed by atoms with Crippen molar-refractivity contribution >= 4 is 33.1 Å². The molecule has 3 nitrogen and oxygen atoms in total. The van der Waals surface area contributed by atoms with E-state index in [1.54, 1.807) is 0 Å². The minimum absolute atomic E-state index is 0.0272. The number of carbonyl (C=O) groups excluding carboxylic acids is 1. The maximum absolute atomic E-state index is 13.1. The van der Waals surface area contributed by atoms with Gasteiger partial charge in [-0.05, 0) is 48.1 Å². The Kier molecular flexibility index (Phi) is 4.19. The second kappa shape index (κ2) is 6.27. The maximum Gasteiger partial charge on any atom is 0.163 e. The van der Waals surface area contributed by atoms with E-state index >= 15 is 0 Å². The first-order valence-electron chi connectivity index (χ1n) is 8.99. The Hall–Kier alpha value is -2.07. The first-order valence-corrected chi connectivity index (χ1v) is 9.78. The van der Waals surface area contributed by atoms with Crippen molar-refractivity contribution in [1.29, 1.82) is 0 Å². The average molecular weight is 411 g/mol. The first kappa shape index (κ1) is 17.3. The largest absolute Gasteiger partial charge is 0.372 e. The molecule has 4 rings (SSSR count). The molecule has 2 aromatic rings. The highest BCUT2D eigenvalue weighted by Gasteiger charge is 2.38. The molecule has 2 aliphatic rings. The van der Waals surface area contributed by atoms with Crippen LogP contribution in [0.2, 0.25) is 0 Å². The quantitative estimate of drug-likeness (QED) is 0.607. The first-order chi connectivity index (χ1) is 12.3. The van der Waals surface area contributed by atoms with Crippen LogP contribution in [0.25, 0.3) is 0 Å². The number of rotatable bonds is 1. The van der Waals surface area contributed by atoms with Crippen LogP contribution < -0.4 is 10.6 Å². The number of halogens is 1. The SMILES string of the molecule is Cc1ccc([C@H]2Nc3ccccc3NC3=C2C(=O)CC(C)(C)C3)cc1Br. The number of carbonyl (C=O) groups is 1. The van der Waals surface area contributed by atoms with Gasteiger partial charge in [0.15, 0.2) is 5.78 Å². The fourth-order valence-corrected chi connectivity index (χ4v) is 4.32. The third kappa shape index (κ3) is 3.07. The maximum atomic E-state index is 13.1. The van der Waals surface area contributed by atoms with E-state index in [4.69, 9.17) is 0 Å². The third-order valence-corrected chi connectivity index (χ3v) is 6.10. The van der Waals surface area contributed by atoms with Crippen molar-refractivity contribution in [1.82, 2.24) is 0 Å². The highest BCUT2D eigenvalue weighted by atomic mass is 79.9. The summed E-state index contributed by atoms with van der Waals surface area (Å²) >= 11 is 3.64. The minimum atomic E-state index is -0.151. The molecule has 134 valence electrons. The van der Waals surface area contributed by atoms with E-state index in [0.717, 1.165) is 39.1 Å². The lowest BCUT2D eigenvalue weighted by atomic mass is 9.73. The van der Waals surface area contributed by atoms with Crippen molar-refractivity contribution in [3.63, 3.8) is 0 Å². The number of ketones is 1. The van der Waals surface area contributed by atoms with Crippen LogP contribution in [0.4, 0.5) is 11.4 Å². The molecule has 0 fully saturated rings. The zero-order chi connectivity index (χ0) is 18.5. The number of fused-ring (bicyclic) bond motifs is 1. The number of nitrogens with one attached hydrogen (secondary N) is 2. The predicted octanol–water partition coefficient (Wildman–Crippen LogP) is 5.98. The molecule has 0 aromatic heterocycles. The molecule has 2 N–H and O–H groups in total. The molecule has 0 saturated heterocycles. The molecule has 0 spiro atoms. The van der Waals surface area contributed by atoms with E-state index in [1.165, 1.54) is 5.56 Å². The number of para-hydroxylation sites is 2. The highest BCUT2D eigenvalue weighted by Crippen LogP contribution is 2.45. The molecule has 0 amide bonds. The molecule has 0 unspecified atom stereocenters. The molecule has 4 heteroatoms. The van der Waals surface area contributed by atoms with Crippen LogP contribution in [0.5, 0.6) is 0 Å². The smallest absolute Gasteiger partial charge is 0.163 e. The second-order valence-corrected chi connectivity index (χ2v) is 8.94.